The van der Waals surface area contributed by atoms with Crippen LogP contribution in [0.4, 0.5) is 0 Å². The number of rotatable bonds is 5. The van der Waals surface area contributed by atoms with Gasteiger partial charge in [-0.2, -0.15) is 0 Å². The van der Waals surface area contributed by atoms with E-state index in [1.807, 2.05) is 6.08 Å². The maximum absolute atomic E-state index is 10.3. The van der Waals surface area contributed by atoms with Gasteiger partial charge in [-0.1, -0.05) is 6.08 Å². The predicted octanol–water partition coefficient (Wildman–Crippen LogP) is 1.91. The summed E-state index contributed by atoms with van der Waals surface area (Å²) >= 11 is 0. The second kappa shape index (κ2) is 7.40. The van der Waals surface area contributed by atoms with Gasteiger partial charge in [0.05, 0.1) is 12.2 Å². The van der Waals surface area contributed by atoms with E-state index in [1.54, 1.807) is 20.1 Å². The third-order valence-electron chi connectivity index (χ3n) is 4.48. The molecule has 5 heteroatoms. The fourth-order valence-corrected chi connectivity index (χ4v) is 3.42. The lowest BCUT2D eigenvalue weighted by Crippen LogP contribution is -2.33. The van der Waals surface area contributed by atoms with E-state index < -0.39 is 6.29 Å². The van der Waals surface area contributed by atoms with Gasteiger partial charge in [0.2, 0.25) is 0 Å². The lowest BCUT2D eigenvalue weighted by Gasteiger charge is -2.37. The van der Waals surface area contributed by atoms with E-state index in [4.69, 9.17) is 9.47 Å². The lowest BCUT2D eigenvalue weighted by molar-refractivity contribution is -0.109. The standard InChI is InChI=1S/C16H26O5/c1-10(18)21-13-4-6-15(16(19)8-13)14-5-3-12(20-2)7-11(14)9-17/h6,8,10-14,17-19H,3-5,7,9H2,1-2H3/t10-,11-,12?,13?,14?/m0/s1. The molecule has 5 atom stereocenters. The second-order valence-corrected chi connectivity index (χ2v) is 5.94. The molecule has 0 aromatic rings. The monoisotopic (exact) mass is 298 g/mol. The quantitative estimate of drug-likeness (QED) is 0.676. The maximum atomic E-state index is 10.3. The highest BCUT2D eigenvalue weighted by atomic mass is 16.6. The van der Waals surface area contributed by atoms with Crippen molar-refractivity contribution in [1.82, 2.24) is 0 Å². The van der Waals surface area contributed by atoms with E-state index in [0.717, 1.165) is 24.8 Å². The van der Waals surface area contributed by atoms with E-state index >= 15 is 0 Å². The SMILES string of the molecule is COC1CCC(C2=CCC(O[C@@H](C)O)C=C2O)[C@H](CO)C1. The van der Waals surface area contributed by atoms with Crippen LogP contribution >= 0.6 is 0 Å². The molecule has 2 aliphatic carbocycles. The molecule has 0 aromatic heterocycles. The molecular formula is C16H26O5. The molecule has 3 unspecified atom stereocenters. The van der Waals surface area contributed by atoms with Gasteiger partial charge in [-0.15, -0.1) is 0 Å². The molecule has 0 spiro atoms. The first-order valence-corrected chi connectivity index (χ1v) is 7.63. The zero-order valence-corrected chi connectivity index (χ0v) is 12.7. The van der Waals surface area contributed by atoms with Crippen molar-refractivity contribution in [3.63, 3.8) is 0 Å². The smallest absolute Gasteiger partial charge is 0.152 e. The van der Waals surface area contributed by atoms with Crippen LogP contribution in [-0.2, 0) is 9.47 Å². The summed E-state index contributed by atoms with van der Waals surface area (Å²) in [6.45, 7) is 1.65. The second-order valence-electron chi connectivity index (χ2n) is 5.94. The summed E-state index contributed by atoms with van der Waals surface area (Å²) in [5.41, 5.74) is 0.897. The molecule has 2 aliphatic rings. The molecule has 0 aliphatic heterocycles. The van der Waals surface area contributed by atoms with Crippen LogP contribution in [0.3, 0.4) is 0 Å². The summed E-state index contributed by atoms with van der Waals surface area (Å²) in [6, 6.07) is 0. The third-order valence-corrected chi connectivity index (χ3v) is 4.48. The zero-order chi connectivity index (χ0) is 15.4. The molecule has 0 saturated heterocycles. The number of hydrogen-bond donors (Lipinski definition) is 3. The van der Waals surface area contributed by atoms with Crippen molar-refractivity contribution in [3.8, 4) is 0 Å². The normalized spacial score (nSPS) is 35.0. The van der Waals surface area contributed by atoms with Crippen LogP contribution in [0.5, 0.6) is 0 Å². The van der Waals surface area contributed by atoms with Crippen LogP contribution in [0.15, 0.2) is 23.5 Å². The van der Waals surface area contributed by atoms with Crippen molar-refractivity contribution < 1.29 is 24.8 Å². The molecule has 3 N–H and O–H groups in total. The van der Waals surface area contributed by atoms with Crippen LogP contribution in [0.25, 0.3) is 0 Å². The summed E-state index contributed by atoms with van der Waals surface area (Å²) in [5.74, 6) is 0.483. The van der Waals surface area contributed by atoms with Gasteiger partial charge < -0.3 is 24.8 Å². The third kappa shape index (κ3) is 4.07. The van der Waals surface area contributed by atoms with E-state index in [1.165, 1.54) is 0 Å². The van der Waals surface area contributed by atoms with Gasteiger partial charge in [0, 0.05) is 13.7 Å². The van der Waals surface area contributed by atoms with Crippen LogP contribution in [0, 0.1) is 11.8 Å². The summed E-state index contributed by atoms with van der Waals surface area (Å²) in [4.78, 5) is 0. The van der Waals surface area contributed by atoms with E-state index in [9.17, 15) is 15.3 Å². The van der Waals surface area contributed by atoms with Gasteiger partial charge in [-0.3, -0.25) is 0 Å². The summed E-state index contributed by atoms with van der Waals surface area (Å²) in [6.07, 6.45) is 5.96. The van der Waals surface area contributed by atoms with E-state index in [2.05, 4.69) is 0 Å². The molecule has 0 amide bonds. The van der Waals surface area contributed by atoms with Gasteiger partial charge in [0.1, 0.15) is 5.76 Å². The molecule has 0 heterocycles. The Kier molecular flexibility index (Phi) is 5.81. The molecule has 0 bridgehead atoms. The molecule has 5 nitrogen and oxygen atoms in total. The van der Waals surface area contributed by atoms with Crippen LogP contribution < -0.4 is 0 Å². The molecule has 0 radical (unpaired) electrons. The highest BCUT2D eigenvalue weighted by Crippen LogP contribution is 2.39. The summed E-state index contributed by atoms with van der Waals surface area (Å²) < 4.78 is 10.7. The van der Waals surface area contributed by atoms with Crippen LogP contribution in [0.2, 0.25) is 0 Å². The first-order chi connectivity index (χ1) is 10.0. The highest BCUT2D eigenvalue weighted by molar-refractivity contribution is 5.33. The number of aliphatic hydroxyl groups is 3. The van der Waals surface area contributed by atoms with Gasteiger partial charge in [-0.05, 0) is 56.1 Å². The first kappa shape index (κ1) is 16.5. The van der Waals surface area contributed by atoms with Gasteiger partial charge in [0.15, 0.2) is 6.29 Å². The van der Waals surface area contributed by atoms with Crippen molar-refractivity contribution in [2.45, 2.75) is 51.1 Å². The van der Waals surface area contributed by atoms with Crippen molar-refractivity contribution >= 4 is 0 Å². The van der Waals surface area contributed by atoms with Gasteiger partial charge in [0.25, 0.3) is 0 Å². The number of aliphatic hydroxyl groups excluding tert-OH is 3. The molecular weight excluding hydrogens is 272 g/mol. The Bertz CT molecular complexity index is 401. The van der Waals surface area contributed by atoms with Crippen LogP contribution in [-0.4, -0.2) is 47.5 Å². The zero-order valence-electron chi connectivity index (χ0n) is 12.7. The Morgan fingerprint density at radius 2 is 2.14 bits per heavy atom. The first-order valence-electron chi connectivity index (χ1n) is 7.63. The molecule has 1 saturated carbocycles. The van der Waals surface area contributed by atoms with Crippen molar-refractivity contribution in [2.75, 3.05) is 13.7 Å². The minimum Gasteiger partial charge on any atom is -0.508 e. The average molecular weight is 298 g/mol. The average Bonchev–Trinajstić information content (AvgIpc) is 2.46. The fraction of sp³-hybridized carbons (Fsp3) is 0.750. The summed E-state index contributed by atoms with van der Waals surface area (Å²) in [5, 5.41) is 29.1. The van der Waals surface area contributed by atoms with E-state index in [0.29, 0.717) is 6.42 Å². The van der Waals surface area contributed by atoms with Crippen molar-refractivity contribution in [1.29, 1.82) is 0 Å². The molecule has 120 valence electrons. The Morgan fingerprint density at radius 1 is 1.38 bits per heavy atom. The van der Waals surface area contributed by atoms with Gasteiger partial charge >= 0.3 is 0 Å². The highest BCUT2D eigenvalue weighted by Gasteiger charge is 2.34. The molecule has 1 fully saturated rings. The van der Waals surface area contributed by atoms with E-state index in [-0.39, 0.29) is 36.4 Å². The lowest BCUT2D eigenvalue weighted by atomic mass is 9.72. The number of ether oxygens (including phenoxy) is 2. The van der Waals surface area contributed by atoms with Crippen molar-refractivity contribution in [2.24, 2.45) is 11.8 Å². The Morgan fingerprint density at radius 3 is 2.71 bits per heavy atom. The Balaban J connectivity index is 2.05. The number of allylic oxidation sites excluding steroid dienone is 1. The molecule has 0 aromatic carbocycles. The Hall–Kier alpha value is -0.880. The van der Waals surface area contributed by atoms with Gasteiger partial charge in [-0.25, -0.2) is 0 Å². The van der Waals surface area contributed by atoms with Crippen molar-refractivity contribution in [3.05, 3.63) is 23.5 Å². The summed E-state index contributed by atoms with van der Waals surface area (Å²) in [7, 11) is 1.70. The topological polar surface area (TPSA) is 79.2 Å². The minimum atomic E-state index is -0.851. The van der Waals surface area contributed by atoms with Crippen LogP contribution in [0.1, 0.15) is 32.6 Å². The Labute approximate surface area is 125 Å². The largest absolute Gasteiger partial charge is 0.508 e. The fourth-order valence-electron chi connectivity index (χ4n) is 3.42. The minimum absolute atomic E-state index is 0.0999. The predicted molar refractivity (Wildman–Crippen MR) is 78.7 cm³/mol. The molecule has 2 rings (SSSR count). The maximum Gasteiger partial charge on any atom is 0.152 e. The number of hydrogen-bond acceptors (Lipinski definition) is 5. The molecule has 21 heavy (non-hydrogen) atoms. The number of methoxy groups -OCH3 is 1.